The zero-order valence-corrected chi connectivity index (χ0v) is 18.1. The number of nitrogens with zero attached hydrogens (tertiary/aromatic N) is 2. The molecule has 4 rings (SSSR count). The van der Waals surface area contributed by atoms with Crippen LogP contribution >= 0.6 is 0 Å². The maximum absolute atomic E-state index is 13.0. The van der Waals surface area contributed by atoms with E-state index in [1.807, 2.05) is 24.3 Å². The van der Waals surface area contributed by atoms with Crippen molar-refractivity contribution in [2.75, 3.05) is 44.3 Å². The van der Waals surface area contributed by atoms with Gasteiger partial charge in [-0.25, -0.2) is 0 Å². The average Bonchev–Trinajstić information content (AvgIpc) is 2.84. The molecule has 0 radical (unpaired) electrons. The second-order valence-corrected chi connectivity index (χ2v) is 8.23. The molecule has 0 spiro atoms. The fourth-order valence-electron chi connectivity index (χ4n) is 4.21. The van der Waals surface area contributed by atoms with Crippen molar-refractivity contribution in [3.8, 4) is 0 Å². The van der Waals surface area contributed by atoms with Crippen molar-refractivity contribution in [1.29, 1.82) is 0 Å². The first-order valence-electron chi connectivity index (χ1n) is 11.0. The van der Waals surface area contributed by atoms with Gasteiger partial charge in [-0.2, -0.15) is 13.2 Å². The van der Waals surface area contributed by atoms with Gasteiger partial charge in [-0.15, -0.1) is 0 Å². The Hall–Kier alpha value is -3.07. The number of piperidine rings is 1. The van der Waals surface area contributed by atoms with Crippen molar-refractivity contribution in [2.45, 2.75) is 25.1 Å². The Kier molecular flexibility index (Phi) is 6.88. The highest BCUT2D eigenvalue weighted by Gasteiger charge is 2.30. The number of para-hydroxylation sites is 1. The first-order chi connectivity index (χ1) is 15.8. The number of hydrogen-bond acceptors (Lipinski definition) is 4. The third-order valence-corrected chi connectivity index (χ3v) is 6.08. The first-order valence-corrected chi connectivity index (χ1v) is 11.0. The Morgan fingerprint density at radius 3 is 2.18 bits per heavy atom. The molecule has 2 heterocycles. The quantitative estimate of drug-likeness (QED) is 0.756. The number of halogens is 3. The standard InChI is InChI=1S/C24H26F3N3O3/c25-24(26,27)18-7-5-17(6-8-18)22(31)28-19-9-11-29(12-10-19)21-4-2-1-3-20(21)23(32)30-13-15-33-16-14-30/h1-8,19H,9-16H2,(H,28,31). The second kappa shape index (κ2) is 9.82. The summed E-state index contributed by atoms with van der Waals surface area (Å²) >= 11 is 0. The molecule has 2 aliphatic heterocycles. The first kappa shape index (κ1) is 23.1. The Labute approximate surface area is 190 Å². The summed E-state index contributed by atoms with van der Waals surface area (Å²) in [5.41, 5.74) is 0.956. The van der Waals surface area contributed by atoms with Crippen LogP contribution in [0.2, 0.25) is 0 Å². The van der Waals surface area contributed by atoms with E-state index < -0.39 is 11.7 Å². The van der Waals surface area contributed by atoms with Crippen molar-refractivity contribution in [3.05, 3.63) is 65.2 Å². The number of hydrogen-bond donors (Lipinski definition) is 1. The monoisotopic (exact) mass is 461 g/mol. The van der Waals surface area contributed by atoms with Crippen molar-refractivity contribution < 1.29 is 27.5 Å². The number of morpholine rings is 1. The largest absolute Gasteiger partial charge is 0.416 e. The zero-order valence-electron chi connectivity index (χ0n) is 18.1. The van der Waals surface area contributed by atoms with E-state index in [1.54, 1.807) is 4.90 Å². The molecular formula is C24H26F3N3O3. The van der Waals surface area contributed by atoms with Gasteiger partial charge in [-0.05, 0) is 49.2 Å². The predicted molar refractivity (Wildman–Crippen MR) is 117 cm³/mol. The minimum atomic E-state index is -4.43. The second-order valence-electron chi connectivity index (χ2n) is 8.23. The fraction of sp³-hybridized carbons (Fsp3) is 0.417. The van der Waals surface area contributed by atoms with Gasteiger partial charge in [0, 0.05) is 43.5 Å². The summed E-state index contributed by atoms with van der Waals surface area (Å²) in [6, 6.07) is 11.7. The molecule has 9 heteroatoms. The minimum Gasteiger partial charge on any atom is -0.378 e. The highest BCUT2D eigenvalue weighted by molar-refractivity contribution is 6.00. The van der Waals surface area contributed by atoms with Gasteiger partial charge >= 0.3 is 6.18 Å². The van der Waals surface area contributed by atoms with Crippen LogP contribution in [0.5, 0.6) is 0 Å². The van der Waals surface area contributed by atoms with Crippen molar-refractivity contribution in [1.82, 2.24) is 10.2 Å². The molecule has 0 atom stereocenters. The molecule has 2 fully saturated rings. The molecule has 176 valence electrons. The van der Waals surface area contributed by atoms with Crippen LogP contribution in [0.3, 0.4) is 0 Å². The predicted octanol–water partition coefficient (Wildman–Crippen LogP) is 3.58. The molecule has 2 aliphatic rings. The van der Waals surface area contributed by atoms with Crippen LogP contribution in [0, 0.1) is 0 Å². The molecule has 2 amide bonds. The molecule has 2 saturated heterocycles. The lowest BCUT2D eigenvalue weighted by molar-refractivity contribution is -0.137. The topological polar surface area (TPSA) is 61.9 Å². The number of alkyl halides is 3. The molecule has 2 aromatic rings. The maximum Gasteiger partial charge on any atom is 0.416 e. The summed E-state index contributed by atoms with van der Waals surface area (Å²) in [6.45, 7) is 3.54. The van der Waals surface area contributed by atoms with Crippen LogP contribution in [0.25, 0.3) is 0 Å². The lowest BCUT2D eigenvalue weighted by Crippen LogP contribution is -2.45. The molecular weight excluding hydrogens is 435 g/mol. The van der Waals surface area contributed by atoms with Gasteiger partial charge in [0.25, 0.3) is 11.8 Å². The number of rotatable bonds is 4. The molecule has 0 unspecified atom stereocenters. The molecule has 0 aliphatic carbocycles. The van der Waals surface area contributed by atoms with E-state index in [0.29, 0.717) is 57.8 Å². The SMILES string of the molecule is O=C(NC1CCN(c2ccccc2C(=O)N2CCOCC2)CC1)c1ccc(C(F)(F)F)cc1. The van der Waals surface area contributed by atoms with Crippen molar-refractivity contribution in [3.63, 3.8) is 0 Å². The number of ether oxygens (including phenoxy) is 1. The number of anilines is 1. The van der Waals surface area contributed by atoms with Gasteiger partial charge < -0.3 is 19.9 Å². The number of amides is 2. The normalized spacial score (nSPS) is 17.7. The van der Waals surface area contributed by atoms with Crippen LogP contribution in [0.4, 0.5) is 18.9 Å². The third-order valence-electron chi connectivity index (χ3n) is 6.08. The van der Waals surface area contributed by atoms with Crippen LogP contribution in [-0.2, 0) is 10.9 Å². The van der Waals surface area contributed by atoms with Gasteiger partial charge in [0.15, 0.2) is 0 Å². The summed E-state index contributed by atoms with van der Waals surface area (Å²) in [6.07, 6.45) is -3.08. The number of carbonyl (C=O) groups is 2. The Bertz CT molecular complexity index is 980. The summed E-state index contributed by atoms with van der Waals surface area (Å²) in [5, 5.41) is 2.92. The molecule has 2 aromatic carbocycles. The highest BCUT2D eigenvalue weighted by Crippen LogP contribution is 2.29. The number of nitrogens with one attached hydrogen (secondary N) is 1. The third kappa shape index (κ3) is 5.47. The Morgan fingerprint density at radius 2 is 1.55 bits per heavy atom. The molecule has 0 saturated carbocycles. The maximum atomic E-state index is 13.0. The van der Waals surface area contributed by atoms with E-state index in [4.69, 9.17) is 4.74 Å². The average molecular weight is 461 g/mol. The van der Waals surface area contributed by atoms with Crippen molar-refractivity contribution in [2.24, 2.45) is 0 Å². The number of benzene rings is 2. The zero-order chi connectivity index (χ0) is 23.4. The lowest BCUT2D eigenvalue weighted by atomic mass is 10.0. The number of carbonyl (C=O) groups excluding carboxylic acids is 2. The highest BCUT2D eigenvalue weighted by atomic mass is 19.4. The summed E-state index contributed by atoms with van der Waals surface area (Å²) in [5.74, 6) is -0.392. The van der Waals surface area contributed by atoms with Gasteiger partial charge in [0.2, 0.25) is 0 Å². The van der Waals surface area contributed by atoms with E-state index in [1.165, 1.54) is 12.1 Å². The van der Waals surface area contributed by atoms with Gasteiger partial charge in [-0.1, -0.05) is 12.1 Å². The summed E-state index contributed by atoms with van der Waals surface area (Å²) in [7, 11) is 0. The van der Waals surface area contributed by atoms with E-state index >= 15 is 0 Å². The smallest absolute Gasteiger partial charge is 0.378 e. The van der Waals surface area contributed by atoms with Crippen LogP contribution in [0.1, 0.15) is 39.1 Å². The Morgan fingerprint density at radius 1 is 0.909 bits per heavy atom. The van der Waals surface area contributed by atoms with E-state index in [-0.39, 0.29) is 23.4 Å². The molecule has 1 N–H and O–H groups in total. The van der Waals surface area contributed by atoms with Crippen LogP contribution < -0.4 is 10.2 Å². The summed E-state index contributed by atoms with van der Waals surface area (Å²) < 4.78 is 43.5. The van der Waals surface area contributed by atoms with E-state index in [9.17, 15) is 22.8 Å². The van der Waals surface area contributed by atoms with Crippen LogP contribution in [-0.4, -0.2) is 62.1 Å². The molecule has 0 aromatic heterocycles. The summed E-state index contributed by atoms with van der Waals surface area (Å²) in [4.78, 5) is 29.5. The molecule has 0 bridgehead atoms. The van der Waals surface area contributed by atoms with Gasteiger partial charge in [-0.3, -0.25) is 9.59 Å². The lowest BCUT2D eigenvalue weighted by Gasteiger charge is -2.35. The van der Waals surface area contributed by atoms with Crippen molar-refractivity contribution >= 4 is 17.5 Å². The fourth-order valence-corrected chi connectivity index (χ4v) is 4.21. The van der Waals surface area contributed by atoms with E-state index in [2.05, 4.69) is 10.2 Å². The molecule has 33 heavy (non-hydrogen) atoms. The molecule has 6 nitrogen and oxygen atoms in total. The minimum absolute atomic E-state index is 0.00775. The Balaban J connectivity index is 1.35. The van der Waals surface area contributed by atoms with Crippen LogP contribution in [0.15, 0.2) is 48.5 Å². The van der Waals surface area contributed by atoms with Gasteiger partial charge in [0.1, 0.15) is 0 Å². The van der Waals surface area contributed by atoms with Gasteiger partial charge in [0.05, 0.1) is 24.3 Å². The van der Waals surface area contributed by atoms with E-state index in [0.717, 1.165) is 17.8 Å².